The van der Waals surface area contributed by atoms with Crippen molar-refractivity contribution < 1.29 is 23.1 Å². The van der Waals surface area contributed by atoms with Gasteiger partial charge in [-0.1, -0.05) is 0 Å². The lowest BCUT2D eigenvalue weighted by Gasteiger charge is -2.33. The highest BCUT2D eigenvalue weighted by molar-refractivity contribution is 5.94. The number of anilines is 1. The number of nitrogens with zero attached hydrogens (tertiary/aromatic N) is 4. The average molecular weight is 487 g/mol. The van der Waals surface area contributed by atoms with Crippen molar-refractivity contribution in [3.05, 3.63) is 35.8 Å². The number of rotatable bonds is 6. The number of hydrogen-bond donors (Lipinski definition) is 4. The third-order valence-corrected chi connectivity index (χ3v) is 6.37. The molecular weight excluding hydrogens is 463 g/mol. The van der Waals surface area contributed by atoms with Gasteiger partial charge in [0.2, 0.25) is 11.9 Å². The molecule has 1 amide bonds. The van der Waals surface area contributed by atoms with Gasteiger partial charge in [0.05, 0.1) is 23.0 Å². The maximum absolute atomic E-state index is 13.2. The molecule has 0 aliphatic heterocycles. The standard InChI is InChI=1S/C23H24F3N7O2/c1-12(13-2-4-16(5-3-13)32-19(35)11-34)31-22-30-8-14(7-27)20(33-22)18-10-29-21-17(18)6-15(9-28-21)23(24,25)26/h6,8-10,12-13,16,34H,2-5,11H2,1H3,(H,28,29)(H,32,35)(H,30,31,33)/t12-,13-,16+/m1/s1. The number of amides is 1. The Bertz CT molecular complexity index is 1260. The Balaban J connectivity index is 1.54. The summed E-state index contributed by atoms with van der Waals surface area (Å²) in [7, 11) is 0. The summed E-state index contributed by atoms with van der Waals surface area (Å²) in [5.74, 6) is 0.163. The van der Waals surface area contributed by atoms with Gasteiger partial charge in [-0.3, -0.25) is 4.79 Å². The smallest absolute Gasteiger partial charge is 0.387 e. The zero-order valence-electron chi connectivity index (χ0n) is 18.9. The van der Waals surface area contributed by atoms with Crippen LogP contribution in [0.25, 0.3) is 22.3 Å². The molecular formula is C23H24F3N7O2. The number of H-pyrrole nitrogens is 1. The highest BCUT2D eigenvalue weighted by atomic mass is 19.4. The van der Waals surface area contributed by atoms with Crippen LogP contribution >= 0.6 is 0 Å². The number of nitriles is 1. The maximum Gasteiger partial charge on any atom is 0.417 e. The van der Waals surface area contributed by atoms with Crippen molar-refractivity contribution in [2.24, 2.45) is 5.92 Å². The zero-order chi connectivity index (χ0) is 25.2. The fraction of sp³-hybridized carbons (Fsp3) is 0.435. The van der Waals surface area contributed by atoms with Crippen LogP contribution in [0.15, 0.2) is 24.7 Å². The predicted octanol–water partition coefficient (Wildman–Crippen LogP) is 3.38. The van der Waals surface area contributed by atoms with Crippen LogP contribution in [0.5, 0.6) is 0 Å². The second kappa shape index (κ2) is 9.87. The second-order valence-electron chi connectivity index (χ2n) is 8.66. The minimum atomic E-state index is -4.55. The molecule has 184 valence electrons. The molecule has 1 atom stereocenters. The molecule has 1 saturated carbocycles. The van der Waals surface area contributed by atoms with Gasteiger partial charge in [-0.25, -0.2) is 15.0 Å². The number of pyridine rings is 1. The molecule has 0 bridgehead atoms. The Kier molecular flexibility index (Phi) is 6.88. The van der Waals surface area contributed by atoms with E-state index in [9.17, 15) is 23.2 Å². The average Bonchev–Trinajstić information content (AvgIpc) is 3.27. The Morgan fingerprint density at radius 1 is 1.29 bits per heavy atom. The van der Waals surface area contributed by atoms with Crippen LogP contribution in [0.1, 0.15) is 43.7 Å². The van der Waals surface area contributed by atoms with E-state index < -0.39 is 18.3 Å². The third-order valence-electron chi connectivity index (χ3n) is 6.37. The van der Waals surface area contributed by atoms with Crippen LogP contribution in [0.3, 0.4) is 0 Å². The molecule has 1 fully saturated rings. The van der Waals surface area contributed by atoms with Crippen molar-refractivity contribution in [1.29, 1.82) is 5.26 Å². The summed E-state index contributed by atoms with van der Waals surface area (Å²) in [6, 6.07) is 3.00. The molecule has 1 aliphatic carbocycles. The number of carbonyl (C=O) groups excluding carboxylic acids is 1. The van der Waals surface area contributed by atoms with Gasteiger partial charge >= 0.3 is 6.18 Å². The Labute approximate surface area is 198 Å². The Hall–Kier alpha value is -3.72. The van der Waals surface area contributed by atoms with E-state index in [1.807, 2.05) is 13.0 Å². The number of aliphatic hydroxyl groups excluding tert-OH is 1. The van der Waals surface area contributed by atoms with Crippen molar-refractivity contribution >= 4 is 22.9 Å². The molecule has 35 heavy (non-hydrogen) atoms. The quantitative estimate of drug-likeness (QED) is 0.418. The van der Waals surface area contributed by atoms with E-state index in [4.69, 9.17) is 5.11 Å². The number of nitrogens with one attached hydrogen (secondary N) is 3. The number of aromatic amines is 1. The molecule has 4 N–H and O–H groups in total. The molecule has 0 unspecified atom stereocenters. The van der Waals surface area contributed by atoms with E-state index in [0.29, 0.717) is 5.56 Å². The van der Waals surface area contributed by atoms with Gasteiger partial charge in [0, 0.05) is 35.4 Å². The maximum atomic E-state index is 13.2. The predicted molar refractivity (Wildman–Crippen MR) is 121 cm³/mol. The first-order valence-electron chi connectivity index (χ1n) is 11.2. The molecule has 3 heterocycles. The molecule has 0 saturated heterocycles. The van der Waals surface area contributed by atoms with Gasteiger partial charge in [-0.2, -0.15) is 18.4 Å². The molecule has 3 aromatic heterocycles. The summed E-state index contributed by atoms with van der Waals surface area (Å²) in [6.45, 7) is 1.46. The first-order chi connectivity index (χ1) is 16.7. The minimum absolute atomic E-state index is 0.0215. The van der Waals surface area contributed by atoms with E-state index in [-0.39, 0.29) is 52.1 Å². The summed E-state index contributed by atoms with van der Waals surface area (Å²) in [5, 5.41) is 24.7. The lowest BCUT2D eigenvalue weighted by Crippen LogP contribution is -2.41. The third kappa shape index (κ3) is 5.35. The fourth-order valence-electron chi connectivity index (χ4n) is 4.45. The van der Waals surface area contributed by atoms with Gasteiger partial charge in [0.15, 0.2) is 0 Å². The Morgan fingerprint density at radius 3 is 2.69 bits per heavy atom. The number of aromatic nitrogens is 4. The highest BCUT2D eigenvalue weighted by Gasteiger charge is 2.32. The normalized spacial score (nSPS) is 19.2. The molecule has 3 aromatic rings. The van der Waals surface area contributed by atoms with Gasteiger partial charge in [0.25, 0.3) is 0 Å². The van der Waals surface area contributed by atoms with E-state index in [1.165, 1.54) is 12.4 Å². The summed E-state index contributed by atoms with van der Waals surface area (Å²) in [4.78, 5) is 26.8. The minimum Gasteiger partial charge on any atom is -0.387 e. The molecule has 9 nitrogen and oxygen atoms in total. The van der Waals surface area contributed by atoms with Gasteiger partial charge in [-0.05, 0) is 44.6 Å². The Morgan fingerprint density at radius 2 is 2.03 bits per heavy atom. The number of alkyl halides is 3. The second-order valence-corrected chi connectivity index (χ2v) is 8.66. The lowest BCUT2D eigenvalue weighted by atomic mass is 9.82. The van der Waals surface area contributed by atoms with Crippen LogP contribution in [0.4, 0.5) is 19.1 Å². The topological polar surface area (TPSA) is 140 Å². The lowest BCUT2D eigenvalue weighted by molar-refractivity contribution is -0.137. The molecule has 0 radical (unpaired) electrons. The number of carbonyl (C=O) groups is 1. The number of hydrogen-bond acceptors (Lipinski definition) is 7. The first-order valence-corrected chi connectivity index (χ1v) is 11.2. The summed E-state index contributed by atoms with van der Waals surface area (Å²) in [6.07, 6.45) is 2.30. The monoisotopic (exact) mass is 487 g/mol. The summed E-state index contributed by atoms with van der Waals surface area (Å²) in [5.41, 5.74) is 0.0228. The largest absolute Gasteiger partial charge is 0.417 e. The highest BCUT2D eigenvalue weighted by Crippen LogP contribution is 2.35. The van der Waals surface area contributed by atoms with Crippen molar-refractivity contribution in [3.8, 4) is 17.3 Å². The first kappa shape index (κ1) is 24.4. The molecule has 0 spiro atoms. The SMILES string of the molecule is C[C@@H](Nc1ncc(C#N)c(-c2c[nH]c3ncc(C(F)(F)F)cc23)n1)[C@H]1CC[C@@H](NC(=O)CO)CC1. The van der Waals surface area contributed by atoms with Crippen LogP contribution < -0.4 is 10.6 Å². The van der Waals surface area contributed by atoms with Gasteiger partial charge in [0.1, 0.15) is 18.3 Å². The molecule has 1 aliphatic rings. The number of halogens is 3. The van der Waals surface area contributed by atoms with Gasteiger partial charge < -0.3 is 20.7 Å². The molecule has 4 rings (SSSR count). The van der Waals surface area contributed by atoms with E-state index in [2.05, 4.69) is 30.6 Å². The van der Waals surface area contributed by atoms with Crippen molar-refractivity contribution in [1.82, 2.24) is 25.3 Å². The van der Waals surface area contributed by atoms with E-state index in [1.54, 1.807) is 0 Å². The summed E-state index contributed by atoms with van der Waals surface area (Å²) < 4.78 is 39.7. The van der Waals surface area contributed by atoms with E-state index >= 15 is 0 Å². The van der Waals surface area contributed by atoms with Crippen molar-refractivity contribution in [2.45, 2.75) is 50.9 Å². The van der Waals surface area contributed by atoms with Crippen LogP contribution in [-0.2, 0) is 11.0 Å². The summed E-state index contributed by atoms with van der Waals surface area (Å²) >= 11 is 0. The zero-order valence-corrected chi connectivity index (χ0v) is 18.9. The fourth-order valence-corrected chi connectivity index (χ4v) is 4.45. The number of fused-ring (bicyclic) bond motifs is 1. The van der Waals surface area contributed by atoms with Crippen LogP contribution in [0, 0.1) is 17.2 Å². The van der Waals surface area contributed by atoms with Crippen molar-refractivity contribution in [3.63, 3.8) is 0 Å². The van der Waals surface area contributed by atoms with Crippen molar-refractivity contribution in [2.75, 3.05) is 11.9 Å². The van der Waals surface area contributed by atoms with Crippen LogP contribution in [-0.4, -0.2) is 49.6 Å². The molecule has 12 heteroatoms. The molecule has 0 aromatic carbocycles. The van der Waals surface area contributed by atoms with Gasteiger partial charge in [-0.15, -0.1) is 0 Å². The number of aliphatic hydroxyl groups is 1. The van der Waals surface area contributed by atoms with E-state index in [0.717, 1.165) is 37.9 Å². The van der Waals surface area contributed by atoms with Crippen LogP contribution in [0.2, 0.25) is 0 Å².